The summed E-state index contributed by atoms with van der Waals surface area (Å²) >= 11 is 0. The summed E-state index contributed by atoms with van der Waals surface area (Å²) in [4.78, 5) is 0. The first kappa shape index (κ1) is 9.98. The average Bonchev–Trinajstić information content (AvgIpc) is 2.02. The van der Waals surface area contributed by atoms with Crippen LogP contribution in [0.2, 0.25) is 0 Å². The van der Waals surface area contributed by atoms with Gasteiger partial charge in [0.1, 0.15) is 5.82 Å². The lowest BCUT2D eigenvalue weighted by Crippen LogP contribution is -2.34. The van der Waals surface area contributed by atoms with Crippen LogP contribution in [0.1, 0.15) is 5.56 Å². The zero-order valence-corrected chi connectivity index (χ0v) is 6.74. The van der Waals surface area contributed by atoms with Crippen LogP contribution in [-0.2, 0) is 6.61 Å². The van der Waals surface area contributed by atoms with Gasteiger partial charge in [0.15, 0.2) is 0 Å². The van der Waals surface area contributed by atoms with E-state index in [2.05, 4.69) is 0 Å². The van der Waals surface area contributed by atoms with Crippen LogP contribution < -0.4 is 11.2 Å². The van der Waals surface area contributed by atoms with Crippen molar-refractivity contribution in [3.05, 3.63) is 23.5 Å². The van der Waals surface area contributed by atoms with E-state index in [1.807, 2.05) is 0 Å². The van der Waals surface area contributed by atoms with E-state index in [0.717, 1.165) is 12.1 Å². The molecule has 0 aliphatic carbocycles. The summed E-state index contributed by atoms with van der Waals surface area (Å²) in [7, 11) is -1.83. The molecule has 0 unspecified atom stereocenters. The number of hydrogen-bond acceptors (Lipinski definition) is 4. The van der Waals surface area contributed by atoms with Crippen molar-refractivity contribution in [2.45, 2.75) is 6.61 Å². The molecule has 0 atom stereocenters. The van der Waals surface area contributed by atoms with E-state index in [0.29, 0.717) is 0 Å². The molecule has 0 saturated heterocycles. The van der Waals surface area contributed by atoms with Gasteiger partial charge in [-0.25, -0.2) is 4.39 Å². The minimum atomic E-state index is -1.83. The fourth-order valence-corrected chi connectivity index (χ4v) is 1.09. The van der Waals surface area contributed by atoms with E-state index < -0.39 is 19.5 Å². The van der Waals surface area contributed by atoms with Gasteiger partial charge in [0.05, 0.1) is 6.61 Å². The second-order valence-electron chi connectivity index (χ2n) is 2.59. The van der Waals surface area contributed by atoms with Crippen LogP contribution >= 0.6 is 0 Å². The van der Waals surface area contributed by atoms with Crippen molar-refractivity contribution in [1.82, 2.24) is 0 Å². The summed E-state index contributed by atoms with van der Waals surface area (Å²) in [6.45, 7) is -0.459. The van der Waals surface area contributed by atoms with Gasteiger partial charge in [-0.3, -0.25) is 0 Å². The molecule has 6 heteroatoms. The molecule has 4 nitrogen and oxygen atoms in total. The Morgan fingerprint density at radius 1 is 1.38 bits per heavy atom. The summed E-state index contributed by atoms with van der Waals surface area (Å²) in [5.74, 6) is -0.669. The second kappa shape index (κ2) is 3.74. The van der Waals surface area contributed by atoms with Crippen LogP contribution in [0.3, 0.4) is 0 Å². The molecular formula is C7H9BFNO3. The van der Waals surface area contributed by atoms with Gasteiger partial charge in [-0.2, -0.15) is 0 Å². The standard InChI is InChI=1S/C7H9BFNO3/c9-4-1-6(8(12)13)5(3-11)7(10)2-4/h1-2,11-13H,3,10H2. The highest BCUT2D eigenvalue weighted by molar-refractivity contribution is 6.59. The Balaban J connectivity index is 3.29. The third-order valence-electron chi connectivity index (χ3n) is 1.72. The summed E-state index contributed by atoms with van der Waals surface area (Å²) < 4.78 is 12.7. The largest absolute Gasteiger partial charge is 0.488 e. The summed E-state index contributed by atoms with van der Waals surface area (Å²) in [6, 6.07) is 1.93. The molecule has 1 aromatic rings. The van der Waals surface area contributed by atoms with Crippen molar-refractivity contribution in [2.75, 3.05) is 5.73 Å². The predicted molar refractivity (Wildman–Crippen MR) is 46.6 cm³/mol. The Morgan fingerprint density at radius 3 is 2.46 bits per heavy atom. The van der Waals surface area contributed by atoms with E-state index in [1.54, 1.807) is 0 Å². The molecule has 5 N–H and O–H groups in total. The highest BCUT2D eigenvalue weighted by Crippen LogP contribution is 2.11. The maximum absolute atomic E-state index is 12.7. The first-order valence-electron chi connectivity index (χ1n) is 3.61. The topological polar surface area (TPSA) is 86.7 Å². The number of rotatable bonds is 2. The van der Waals surface area contributed by atoms with Gasteiger partial charge in [-0.1, -0.05) is 0 Å². The number of nitrogens with two attached hydrogens (primary N) is 1. The van der Waals surface area contributed by atoms with Gasteiger partial charge in [-0.15, -0.1) is 0 Å². The fraction of sp³-hybridized carbons (Fsp3) is 0.143. The molecule has 0 bridgehead atoms. The lowest BCUT2D eigenvalue weighted by Gasteiger charge is -2.09. The molecule has 0 aromatic heterocycles. The molecule has 0 heterocycles. The molecule has 0 aliphatic rings. The summed E-state index contributed by atoms with van der Waals surface area (Å²) in [5.41, 5.74) is 5.38. The third kappa shape index (κ3) is 1.97. The van der Waals surface area contributed by atoms with Gasteiger partial charge in [0, 0.05) is 11.3 Å². The van der Waals surface area contributed by atoms with Crippen LogP contribution in [0.25, 0.3) is 0 Å². The molecule has 0 saturated carbocycles. The first-order chi connectivity index (χ1) is 6.06. The monoisotopic (exact) mass is 185 g/mol. The molecule has 0 amide bonds. The molecule has 1 rings (SSSR count). The van der Waals surface area contributed by atoms with Gasteiger partial charge < -0.3 is 20.9 Å². The van der Waals surface area contributed by atoms with Crippen molar-refractivity contribution < 1.29 is 19.5 Å². The first-order valence-corrected chi connectivity index (χ1v) is 3.61. The zero-order valence-electron chi connectivity index (χ0n) is 6.74. The maximum atomic E-state index is 12.7. The minimum absolute atomic E-state index is 0.00519. The quantitative estimate of drug-likeness (QED) is 0.336. The van der Waals surface area contributed by atoms with Crippen LogP contribution in [0.4, 0.5) is 10.1 Å². The smallest absolute Gasteiger partial charge is 0.423 e. The number of anilines is 1. The molecule has 70 valence electrons. The highest BCUT2D eigenvalue weighted by atomic mass is 19.1. The zero-order chi connectivity index (χ0) is 10.0. The van der Waals surface area contributed by atoms with E-state index in [9.17, 15) is 4.39 Å². The van der Waals surface area contributed by atoms with Crippen LogP contribution in [0.5, 0.6) is 0 Å². The Kier molecular flexibility index (Phi) is 2.87. The van der Waals surface area contributed by atoms with Crippen molar-refractivity contribution in [3.63, 3.8) is 0 Å². The third-order valence-corrected chi connectivity index (χ3v) is 1.72. The lowest BCUT2D eigenvalue weighted by atomic mass is 9.76. The van der Waals surface area contributed by atoms with E-state index in [1.165, 1.54) is 0 Å². The van der Waals surface area contributed by atoms with Gasteiger partial charge in [0.25, 0.3) is 0 Å². The van der Waals surface area contributed by atoms with Gasteiger partial charge in [-0.05, 0) is 17.6 Å². The Morgan fingerprint density at radius 2 is 2.00 bits per heavy atom. The van der Waals surface area contributed by atoms with E-state index in [-0.39, 0.29) is 16.7 Å². The molecule has 0 aliphatic heterocycles. The second-order valence-corrected chi connectivity index (χ2v) is 2.59. The molecule has 0 spiro atoms. The Labute approximate surface area is 74.6 Å². The lowest BCUT2D eigenvalue weighted by molar-refractivity contribution is 0.282. The number of hydrogen-bond donors (Lipinski definition) is 4. The molecule has 13 heavy (non-hydrogen) atoms. The number of halogens is 1. The number of benzene rings is 1. The number of aliphatic hydroxyl groups is 1. The van der Waals surface area contributed by atoms with E-state index in [4.69, 9.17) is 20.9 Å². The molecule has 0 radical (unpaired) electrons. The SMILES string of the molecule is Nc1cc(F)cc(B(O)O)c1CO. The normalized spacial score (nSPS) is 10.2. The van der Waals surface area contributed by atoms with Crippen LogP contribution in [-0.4, -0.2) is 22.3 Å². The molecule has 1 aromatic carbocycles. The Bertz CT molecular complexity index is 319. The summed E-state index contributed by atoms with van der Waals surface area (Å²) in [6.07, 6.45) is 0. The van der Waals surface area contributed by atoms with Crippen LogP contribution in [0, 0.1) is 5.82 Å². The maximum Gasteiger partial charge on any atom is 0.488 e. The number of aliphatic hydroxyl groups excluding tert-OH is 1. The summed E-state index contributed by atoms with van der Waals surface area (Å²) in [5, 5.41) is 26.4. The van der Waals surface area contributed by atoms with Crippen LogP contribution in [0.15, 0.2) is 12.1 Å². The fourth-order valence-electron chi connectivity index (χ4n) is 1.09. The van der Waals surface area contributed by atoms with Crippen molar-refractivity contribution in [2.24, 2.45) is 0 Å². The van der Waals surface area contributed by atoms with Crippen molar-refractivity contribution in [3.8, 4) is 0 Å². The average molecular weight is 185 g/mol. The van der Waals surface area contributed by atoms with E-state index >= 15 is 0 Å². The highest BCUT2D eigenvalue weighted by Gasteiger charge is 2.18. The van der Waals surface area contributed by atoms with Gasteiger partial charge in [0.2, 0.25) is 0 Å². The molecular weight excluding hydrogens is 176 g/mol. The Hall–Kier alpha value is -1.11. The predicted octanol–water partition coefficient (Wildman–Crippen LogP) is -1.42. The number of nitrogen functional groups attached to an aromatic ring is 1. The molecule has 0 fully saturated rings. The van der Waals surface area contributed by atoms with Crippen molar-refractivity contribution in [1.29, 1.82) is 0 Å². The van der Waals surface area contributed by atoms with Crippen molar-refractivity contribution >= 4 is 18.3 Å². The van der Waals surface area contributed by atoms with Gasteiger partial charge >= 0.3 is 7.12 Å². The minimum Gasteiger partial charge on any atom is -0.423 e.